The Balaban J connectivity index is 1.82. The number of nitrogens with one attached hydrogen (secondary N) is 1. The van der Waals surface area contributed by atoms with Crippen molar-refractivity contribution in [2.45, 2.75) is 25.8 Å². The van der Waals surface area contributed by atoms with Crippen molar-refractivity contribution in [1.29, 1.82) is 0 Å². The first-order valence-electron chi connectivity index (χ1n) is 7.28. The summed E-state index contributed by atoms with van der Waals surface area (Å²) in [6.45, 7) is 0.544. The van der Waals surface area contributed by atoms with Gasteiger partial charge in [0.1, 0.15) is 5.52 Å². The molecular weight excluding hydrogens is 300 g/mol. The predicted octanol–water partition coefficient (Wildman–Crippen LogP) is 0.251. The third kappa shape index (κ3) is 4.60. The van der Waals surface area contributed by atoms with Crippen LogP contribution in [-0.2, 0) is 20.9 Å². The zero-order valence-corrected chi connectivity index (χ0v) is 12.8. The van der Waals surface area contributed by atoms with Gasteiger partial charge in [-0.3, -0.25) is 14.4 Å². The highest BCUT2D eigenvalue weighted by Crippen LogP contribution is 2.03. The van der Waals surface area contributed by atoms with E-state index in [2.05, 4.69) is 20.4 Å². The Morgan fingerprint density at radius 2 is 2.04 bits per heavy atom. The molecule has 0 aliphatic carbocycles. The lowest BCUT2D eigenvalue weighted by Crippen LogP contribution is -2.28. The van der Waals surface area contributed by atoms with Gasteiger partial charge in [0.25, 0.3) is 5.56 Å². The minimum absolute atomic E-state index is 0.137. The molecule has 1 N–H and O–H groups in total. The molecule has 8 heteroatoms. The van der Waals surface area contributed by atoms with E-state index in [1.165, 1.54) is 11.8 Å². The summed E-state index contributed by atoms with van der Waals surface area (Å²) in [7, 11) is 1.30. The third-order valence-electron chi connectivity index (χ3n) is 3.28. The SMILES string of the molecule is COC(=O)CCNC(=O)CCCn1nnc2ccccc2c1=O. The van der Waals surface area contributed by atoms with Crippen molar-refractivity contribution in [1.82, 2.24) is 20.3 Å². The van der Waals surface area contributed by atoms with E-state index in [1.54, 1.807) is 24.3 Å². The lowest BCUT2D eigenvalue weighted by atomic mass is 10.2. The number of esters is 1. The molecule has 0 saturated carbocycles. The predicted molar refractivity (Wildman–Crippen MR) is 82.7 cm³/mol. The number of nitrogens with zero attached hydrogens (tertiary/aromatic N) is 3. The van der Waals surface area contributed by atoms with E-state index < -0.39 is 0 Å². The Bertz CT molecular complexity index is 756. The van der Waals surface area contributed by atoms with E-state index in [1.807, 2.05) is 0 Å². The maximum Gasteiger partial charge on any atom is 0.307 e. The fourth-order valence-corrected chi connectivity index (χ4v) is 2.05. The molecule has 1 heterocycles. The topological polar surface area (TPSA) is 103 Å². The van der Waals surface area contributed by atoms with Gasteiger partial charge in [-0.1, -0.05) is 17.3 Å². The molecule has 1 aromatic carbocycles. The molecule has 8 nitrogen and oxygen atoms in total. The van der Waals surface area contributed by atoms with Crippen LogP contribution >= 0.6 is 0 Å². The lowest BCUT2D eigenvalue weighted by Gasteiger charge is -2.06. The van der Waals surface area contributed by atoms with Crippen molar-refractivity contribution in [3.05, 3.63) is 34.6 Å². The van der Waals surface area contributed by atoms with Gasteiger partial charge in [-0.15, -0.1) is 5.10 Å². The molecule has 23 heavy (non-hydrogen) atoms. The summed E-state index contributed by atoms with van der Waals surface area (Å²) < 4.78 is 5.73. The molecule has 0 aliphatic rings. The number of aromatic nitrogens is 3. The van der Waals surface area contributed by atoms with Crippen LogP contribution in [0.2, 0.25) is 0 Å². The van der Waals surface area contributed by atoms with E-state index in [4.69, 9.17) is 0 Å². The summed E-state index contributed by atoms with van der Waals surface area (Å²) in [5.74, 6) is -0.556. The summed E-state index contributed by atoms with van der Waals surface area (Å²) in [4.78, 5) is 34.7. The molecule has 0 spiro atoms. The lowest BCUT2D eigenvalue weighted by molar-refractivity contribution is -0.140. The second-order valence-electron chi connectivity index (χ2n) is 4.91. The van der Waals surface area contributed by atoms with Gasteiger partial charge in [0, 0.05) is 19.5 Å². The van der Waals surface area contributed by atoms with Gasteiger partial charge in [-0.25, -0.2) is 4.68 Å². The molecule has 0 bridgehead atoms. The summed E-state index contributed by atoms with van der Waals surface area (Å²) in [6.07, 6.45) is 0.830. The van der Waals surface area contributed by atoms with E-state index in [0.29, 0.717) is 23.9 Å². The fourth-order valence-electron chi connectivity index (χ4n) is 2.05. The van der Waals surface area contributed by atoms with Crippen LogP contribution < -0.4 is 10.9 Å². The highest BCUT2D eigenvalue weighted by molar-refractivity contribution is 5.77. The molecule has 2 rings (SSSR count). The van der Waals surface area contributed by atoms with Gasteiger partial charge >= 0.3 is 5.97 Å². The van der Waals surface area contributed by atoms with E-state index in [-0.39, 0.29) is 36.8 Å². The first kappa shape index (κ1) is 16.6. The fraction of sp³-hybridized carbons (Fsp3) is 0.400. The van der Waals surface area contributed by atoms with Gasteiger partial charge in [-0.2, -0.15) is 0 Å². The van der Waals surface area contributed by atoms with Gasteiger partial charge < -0.3 is 10.1 Å². The first-order chi connectivity index (χ1) is 11.1. The van der Waals surface area contributed by atoms with Crippen molar-refractivity contribution >= 4 is 22.8 Å². The number of carbonyl (C=O) groups is 2. The Hall–Kier alpha value is -2.77. The van der Waals surface area contributed by atoms with Crippen LogP contribution in [0.1, 0.15) is 19.3 Å². The van der Waals surface area contributed by atoms with Gasteiger partial charge in [0.15, 0.2) is 0 Å². The first-order valence-corrected chi connectivity index (χ1v) is 7.28. The van der Waals surface area contributed by atoms with Crippen LogP contribution in [-0.4, -0.2) is 40.5 Å². The third-order valence-corrected chi connectivity index (χ3v) is 3.28. The molecule has 0 unspecified atom stereocenters. The number of hydrogen-bond donors (Lipinski definition) is 1. The van der Waals surface area contributed by atoms with Crippen molar-refractivity contribution in [2.24, 2.45) is 0 Å². The van der Waals surface area contributed by atoms with Crippen LogP contribution in [0.4, 0.5) is 0 Å². The minimum atomic E-state index is -0.372. The summed E-state index contributed by atoms with van der Waals surface area (Å²) in [5.41, 5.74) is 0.330. The summed E-state index contributed by atoms with van der Waals surface area (Å²) >= 11 is 0. The van der Waals surface area contributed by atoms with Gasteiger partial charge in [0.2, 0.25) is 5.91 Å². The van der Waals surface area contributed by atoms with E-state index in [9.17, 15) is 14.4 Å². The average molecular weight is 318 g/mol. The smallest absolute Gasteiger partial charge is 0.307 e. The zero-order chi connectivity index (χ0) is 16.7. The van der Waals surface area contributed by atoms with Crippen molar-refractivity contribution in [3.63, 3.8) is 0 Å². The number of hydrogen-bond acceptors (Lipinski definition) is 6. The number of fused-ring (bicyclic) bond motifs is 1. The van der Waals surface area contributed by atoms with Crippen molar-refractivity contribution in [2.75, 3.05) is 13.7 Å². The Kier molecular flexibility index (Phi) is 5.79. The van der Waals surface area contributed by atoms with Crippen molar-refractivity contribution in [3.8, 4) is 0 Å². The minimum Gasteiger partial charge on any atom is -0.469 e. The zero-order valence-electron chi connectivity index (χ0n) is 12.8. The highest BCUT2D eigenvalue weighted by Gasteiger charge is 2.07. The molecule has 1 amide bonds. The number of ether oxygens (including phenoxy) is 1. The number of carbonyl (C=O) groups excluding carboxylic acids is 2. The molecule has 122 valence electrons. The quantitative estimate of drug-likeness (QED) is 0.734. The molecule has 0 saturated heterocycles. The number of aryl methyl sites for hydroxylation is 1. The number of amides is 1. The Labute approximate surface area is 132 Å². The van der Waals surface area contributed by atoms with Gasteiger partial charge in [-0.05, 0) is 18.6 Å². The van der Waals surface area contributed by atoms with E-state index in [0.717, 1.165) is 0 Å². The van der Waals surface area contributed by atoms with E-state index >= 15 is 0 Å². The second-order valence-corrected chi connectivity index (χ2v) is 4.91. The standard InChI is InChI=1S/C15H18N4O4/c1-23-14(21)8-9-16-13(20)7-4-10-19-15(22)11-5-2-3-6-12(11)17-18-19/h2-3,5-6H,4,7-10H2,1H3,(H,16,20). The highest BCUT2D eigenvalue weighted by atomic mass is 16.5. The van der Waals surface area contributed by atoms with Crippen molar-refractivity contribution < 1.29 is 14.3 Å². The molecule has 0 aliphatic heterocycles. The summed E-state index contributed by atoms with van der Waals surface area (Å²) in [6, 6.07) is 6.98. The number of rotatable bonds is 7. The number of benzene rings is 1. The van der Waals surface area contributed by atoms with Gasteiger partial charge in [0.05, 0.1) is 18.9 Å². The second kappa shape index (κ2) is 8.02. The molecule has 2 aromatic rings. The maximum atomic E-state index is 12.2. The van der Waals surface area contributed by atoms with Crippen LogP contribution in [0.25, 0.3) is 10.9 Å². The molecule has 0 fully saturated rings. The summed E-state index contributed by atoms with van der Waals surface area (Å²) in [5, 5.41) is 11.0. The monoisotopic (exact) mass is 318 g/mol. The van der Waals surface area contributed by atoms with Crippen LogP contribution in [0.5, 0.6) is 0 Å². The molecular formula is C15H18N4O4. The largest absolute Gasteiger partial charge is 0.469 e. The average Bonchev–Trinajstić information content (AvgIpc) is 2.57. The Morgan fingerprint density at radius 3 is 2.83 bits per heavy atom. The molecule has 1 aromatic heterocycles. The number of methoxy groups -OCH3 is 1. The van der Waals surface area contributed by atoms with Crippen LogP contribution in [0.3, 0.4) is 0 Å². The molecule has 0 radical (unpaired) electrons. The Morgan fingerprint density at radius 1 is 1.26 bits per heavy atom. The van der Waals surface area contributed by atoms with Crippen LogP contribution in [0.15, 0.2) is 29.1 Å². The normalized spacial score (nSPS) is 10.5. The maximum absolute atomic E-state index is 12.2. The molecule has 0 atom stereocenters. The van der Waals surface area contributed by atoms with Crippen LogP contribution in [0, 0.1) is 0 Å².